The van der Waals surface area contributed by atoms with Crippen molar-refractivity contribution in [2.24, 2.45) is 0 Å². The molecule has 1 N–H and O–H groups in total. The molecule has 18 heavy (non-hydrogen) atoms. The van der Waals surface area contributed by atoms with Gasteiger partial charge in [-0.2, -0.15) is 0 Å². The van der Waals surface area contributed by atoms with E-state index in [1.54, 1.807) is 4.90 Å². The Bertz CT molecular complexity index is 385. The number of hydrogen-bond acceptors (Lipinski definition) is 3. The van der Waals surface area contributed by atoms with Gasteiger partial charge in [-0.05, 0) is 13.0 Å². The minimum absolute atomic E-state index is 0.0631. The molecule has 100 valence electrons. The van der Waals surface area contributed by atoms with Gasteiger partial charge >= 0.3 is 0 Å². The Morgan fingerprint density at radius 2 is 2.22 bits per heavy atom. The van der Waals surface area contributed by atoms with Crippen LogP contribution in [-0.4, -0.2) is 36.5 Å². The van der Waals surface area contributed by atoms with E-state index in [0.29, 0.717) is 18.9 Å². The number of morpholine rings is 1. The molecule has 2 aliphatic heterocycles. The van der Waals surface area contributed by atoms with Crippen molar-refractivity contribution in [3.05, 3.63) is 36.3 Å². The van der Waals surface area contributed by atoms with Crippen LogP contribution in [0.1, 0.15) is 20.8 Å². The summed E-state index contributed by atoms with van der Waals surface area (Å²) in [6, 6.07) is 0.0670. The van der Waals surface area contributed by atoms with E-state index in [1.807, 2.05) is 26.8 Å². The van der Waals surface area contributed by atoms with E-state index >= 15 is 0 Å². The molecule has 0 bridgehead atoms. The summed E-state index contributed by atoms with van der Waals surface area (Å²) in [6.45, 7) is 15.2. The highest BCUT2D eigenvalue weighted by atomic mass is 16.5. The number of rotatable bonds is 1. The standard InChI is InChI=1S/C12H16N2O2.C2H6/c1-8(2)4-11-9(3)16-7-10-5-13-6-12(15)14(10)11;1-2/h4,10,13H,1,3,5-7H2,2H3;1-2H3/b11-4+;. The topological polar surface area (TPSA) is 41.6 Å². The van der Waals surface area contributed by atoms with Crippen molar-refractivity contribution in [2.45, 2.75) is 26.8 Å². The summed E-state index contributed by atoms with van der Waals surface area (Å²) in [7, 11) is 0. The number of amides is 1. The van der Waals surface area contributed by atoms with Gasteiger partial charge in [0.1, 0.15) is 12.4 Å². The van der Waals surface area contributed by atoms with E-state index in [1.165, 1.54) is 0 Å². The van der Waals surface area contributed by atoms with Gasteiger partial charge in [-0.15, -0.1) is 0 Å². The third-order valence-electron chi connectivity index (χ3n) is 2.67. The molecule has 2 saturated heterocycles. The monoisotopic (exact) mass is 250 g/mol. The minimum atomic E-state index is 0.0631. The second kappa shape index (κ2) is 6.40. The van der Waals surface area contributed by atoms with Crippen molar-refractivity contribution in [2.75, 3.05) is 19.7 Å². The molecule has 0 aromatic heterocycles. The molecule has 4 nitrogen and oxygen atoms in total. The summed E-state index contributed by atoms with van der Waals surface area (Å²) >= 11 is 0. The average molecular weight is 250 g/mol. The third kappa shape index (κ3) is 3.01. The van der Waals surface area contributed by atoms with Crippen LogP contribution in [0.2, 0.25) is 0 Å². The molecule has 2 aliphatic rings. The van der Waals surface area contributed by atoms with Crippen LogP contribution in [0.4, 0.5) is 0 Å². The maximum absolute atomic E-state index is 11.9. The van der Waals surface area contributed by atoms with Gasteiger partial charge in [-0.25, -0.2) is 0 Å². The van der Waals surface area contributed by atoms with Crippen molar-refractivity contribution < 1.29 is 9.53 Å². The van der Waals surface area contributed by atoms with Gasteiger partial charge in [0.15, 0.2) is 0 Å². The zero-order valence-electron chi connectivity index (χ0n) is 11.5. The minimum Gasteiger partial charge on any atom is -0.490 e. The Labute approximate surface area is 109 Å². The molecular formula is C14H22N2O2. The fraction of sp³-hybridized carbons (Fsp3) is 0.500. The van der Waals surface area contributed by atoms with Crippen molar-refractivity contribution in [1.29, 1.82) is 0 Å². The highest BCUT2D eigenvalue weighted by Crippen LogP contribution is 2.26. The lowest BCUT2D eigenvalue weighted by atomic mass is 10.1. The van der Waals surface area contributed by atoms with E-state index in [4.69, 9.17) is 4.74 Å². The highest BCUT2D eigenvalue weighted by Gasteiger charge is 2.35. The number of nitrogens with one attached hydrogen (secondary N) is 1. The van der Waals surface area contributed by atoms with Gasteiger partial charge in [-0.3, -0.25) is 4.79 Å². The van der Waals surface area contributed by atoms with E-state index in [0.717, 1.165) is 17.8 Å². The van der Waals surface area contributed by atoms with Gasteiger partial charge < -0.3 is 15.0 Å². The van der Waals surface area contributed by atoms with Crippen LogP contribution in [0.15, 0.2) is 36.3 Å². The molecule has 0 spiro atoms. The van der Waals surface area contributed by atoms with E-state index in [9.17, 15) is 4.79 Å². The van der Waals surface area contributed by atoms with E-state index in [2.05, 4.69) is 18.5 Å². The second-order valence-corrected chi connectivity index (χ2v) is 4.16. The maximum atomic E-state index is 11.9. The Hall–Kier alpha value is -1.55. The summed E-state index contributed by atoms with van der Waals surface area (Å²) < 4.78 is 5.47. The van der Waals surface area contributed by atoms with E-state index < -0.39 is 0 Å². The summed E-state index contributed by atoms with van der Waals surface area (Å²) in [5.74, 6) is 0.614. The number of hydrogen-bond donors (Lipinski definition) is 1. The largest absolute Gasteiger partial charge is 0.490 e. The number of fused-ring (bicyclic) bond motifs is 1. The van der Waals surface area contributed by atoms with Crippen LogP contribution in [0.25, 0.3) is 0 Å². The first kappa shape index (κ1) is 14.5. The van der Waals surface area contributed by atoms with Gasteiger partial charge in [0, 0.05) is 6.54 Å². The van der Waals surface area contributed by atoms with Crippen molar-refractivity contribution >= 4 is 5.91 Å². The molecule has 2 heterocycles. The SMILES string of the molecule is C=C(C)/C=C1\C(=C)OCC2CNCC(=O)N12.CC. The summed E-state index contributed by atoms with van der Waals surface area (Å²) in [5.41, 5.74) is 1.63. The quantitative estimate of drug-likeness (QED) is 0.772. The second-order valence-electron chi connectivity index (χ2n) is 4.16. The smallest absolute Gasteiger partial charge is 0.241 e. The van der Waals surface area contributed by atoms with Gasteiger partial charge in [0.25, 0.3) is 0 Å². The van der Waals surface area contributed by atoms with Crippen molar-refractivity contribution in [3.63, 3.8) is 0 Å². The number of piperazine rings is 1. The first-order valence-corrected chi connectivity index (χ1v) is 6.31. The van der Waals surface area contributed by atoms with Crippen LogP contribution >= 0.6 is 0 Å². The molecule has 0 aliphatic carbocycles. The first-order valence-electron chi connectivity index (χ1n) is 6.31. The van der Waals surface area contributed by atoms with Crippen LogP contribution in [0.3, 0.4) is 0 Å². The molecule has 1 atom stereocenters. The predicted molar refractivity (Wildman–Crippen MR) is 72.8 cm³/mol. The lowest BCUT2D eigenvalue weighted by Crippen LogP contribution is -2.58. The number of carbonyl (C=O) groups excluding carboxylic acids is 1. The van der Waals surface area contributed by atoms with Gasteiger partial charge in [0.2, 0.25) is 5.91 Å². The fourth-order valence-electron chi connectivity index (χ4n) is 1.98. The van der Waals surface area contributed by atoms with Crippen LogP contribution < -0.4 is 5.32 Å². The number of allylic oxidation sites excluding steroid dienone is 2. The van der Waals surface area contributed by atoms with Crippen molar-refractivity contribution in [3.8, 4) is 0 Å². The maximum Gasteiger partial charge on any atom is 0.241 e. The van der Waals surface area contributed by atoms with Gasteiger partial charge in [0.05, 0.1) is 18.3 Å². The van der Waals surface area contributed by atoms with Crippen LogP contribution in [0.5, 0.6) is 0 Å². The van der Waals surface area contributed by atoms with Gasteiger partial charge in [-0.1, -0.05) is 32.6 Å². The van der Waals surface area contributed by atoms with Crippen LogP contribution in [0, 0.1) is 0 Å². The summed E-state index contributed by atoms with van der Waals surface area (Å²) in [5, 5.41) is 3.07. The zero-order valence-corrected chi connectivity index (χ0v) is 11.5. The molecule has 1 unspecified atom stereocenters. The Balaban J connectivity index is 0.000000771. The molecule has 0 radical (unpaired) electrons. The fourth-order valence-corrected chi connectivity index (χ4v) is 1.98. The molecule has 4 heteroatoms. The molecule has 0 saturated carbocycles. The third-order valence-corrected chi connectivity index (χ3v) is 2.67. The molecule has 1 amide bonds. The highest BCUT2D eigenvalue weighted by molar-refractivity contribution is 5.82. The molecule has 2 rings (SSSR count). The van der Waals surface area contributed by atoms with E-state index in [-0.39, 0.29) is 11.9 Å². The Morgan fingerprint density at radius 3 is 2.83 bits per heavy atom. The number of ether oxygens (including phenoxy) is 1. The normalized spacial score (nSPS) is 24.9. The molecule has 2 fully saturated rings. The lowest BCUT2D eigenvalue weighted by Gasteiger charge is -2.41. The average Bonchev–Trinajstić information content (AvgIpc) is 2.35. The van der Waals surface area contributed by atoms with Crippen LogP contribution in [-0.2, 0) is 9.53 Å². The Kier molecular flexibility index (Phi) is 5.16. The Morgan fingerprint density at radius 1 is 1.56 bits per heavy atom. The molecule has 0 aromatic carbocycles. The summed E-state index contributed by atoms with van der Waals surface area (Å²) in [6.07, 6.45) is 1.84. The zero-order chi connectivity index (χ0) is 13.7. The van der Waals surface area contributed by atoms with Crippen molar-refractivity contribution in [1.82, 2.24) is 10.2 Å². The number of carbonyl (C=O) groups is 1. The molecule has 0 aromatic rings. The first-order chi connectivity index (χ1) is 8.59. The lowest BCUT2D eigenvalue weighted by molar-refractivity contribution is -0.135. The molecular weight excluding hydrogens is 228 g/mol. The summed E-state index contributed by atoms with van der Waals surface area (Å²) in [4.78, 5) is 13.6. The number of nitrogens with zero attached hydrogens (tertiary/aromatic N) is 1. The predicted octanol–water partition coefficient (Wildman–Crippen LogP) is 1.82.